The quantitative estimate of drug-likeness (QED) is 0.875. The minimum absolute atomic E-state index is 0.489. The lowest BCUT2D eigenvalue weighted by Crippen LogP contribution is -2.20. The van der Waals surface area contributed by atoms with Crippen molar-refractivity contribution in [2.45, 2.75) is 6.04 Å². The van der Waals surface area contributed by atoms with Crippen LogP contribution in [0.3, 0.4) is 0 Å². The predicted molar refractivity (Wildman–Crippen MR) is 74.1 cm³/mol. The summed E-state index contributed by atoms with van der Waals surface area (Å²) in [4.78, 5) is 10.9. The van der Waals surface area contributed by atoms with Gasteiger partial charge in [-0.1, -0.05) is 12.1 Å². The third-order valence-corrected chi connectivity index (χ3v) is 2.78. The highest BCUT2D eigenvalue weighted by molar-refractivity contribution is 5.75. The molecule has 0 heterocycles. The van der Waals surface area contributed by atoms with Crippen LogP contribution >= 0.6 is 0 Å². The van der Waals surface area contributed by atoms with Crippen LogP contribution in [0.2, 0.25) is 0 Å². The number of hydrogen-bond donors (Lipinski definition) is 2. The Bertz CT molecular complexity index is 595. The summed E-state index contributed by atoms with van der Waals surface area (Å²) in [5.74, 6) is 0.821. The van der Waals surface area contributed by atoms with Crippen LogP contribution in [0.25, 0.3) is 0 Å². The summed E-state index contributed by atoms with van der Waals surface area (Å²) < 4.78 is 10.7. The van der Waals surface area contributed by atoms with Crippen molar-refractivity contribution in [2.75, 3.05) is 7.11 Å². The molecule has 0 spiro atoms. The van der Waals surface area contributed by atoms with Crippen LogP contribution in [0.4, 0.5) is 0 Å². The number of carboxylic acid groups (broad SMARTS) is 1. The first-order chi connectivity index (χ1) is 9.60. The van der Waals surface area contributed by atoms with E-state index in [-0.39, 0.29) is 0 Å². The number of carbonyl (C=O) groups is 1. The average molecular weight is 273 g/mol. The Morgan fingerprint density at radius 2 is 1.75 bits per heavy atom. The summed E-state index contributed by atoms with van der Waals surface area (Å²) in [6, 6.07) is 12.7. The van der Waals surface area contributed by atoms with Gasteiger partial charge in [-0.25, -0.2) is 0 Å². The second-order valence-electron chi connectivity index (χ2n) is 4.17. The number of benzene rings is 2. The van der Waals surface area contributed by atoms with Gasteiger partial charge in [0, 0.05) is 0 Å². The largest absolute Gasteiger partial charge is 0.497 e. The third kappa shape index (κ3) is 3.27. The van der Waals surface area contributed by atoms with E-state index in [0.29, 0.717) is 17.1 Å². The van der Waals surface area contributed by atoms with E-state index in [9.17, 15) is 4.79 Å². The van der Waals surface area contributed by atoms with E-state index in [1.807, 2.05) is 0 Å². The molecular weight excluding hydrogens is 258 g/mol. The minimum Gasteiger partial charge on any atom is -0.497 e. The van der Waals surface area contributed by atoms with Crippen molar-refractivity contribution in [2.24, 2.45) is 5.73 Å². The lowest BCUT2D eigenvalue weighted by molar-refractivity contribution is -0.138. The Morgan fingerprint density at radius 1 is 1.10 bits per heavy atom. The summed E-state index contributed by atoms with van der Waals surface area (Å²) in [5.41, 5.74) is 6.06. The predicted octanol–water partition coefficient (Wildman–Crippen LogP) is 2.57. The van der Waals surface area contributed by atoms with Crippen molar-refractivity contribution in [1.82, 2.24) is 0 Å². The van der Waals surface area contributed by atoms with E-state index in [1.54, 1.807) is 55.6 Å². The Morgan fingerprint density at radius 3 is 2.35 bits per heavy atom. The number of carboxylic acids is 1. The molecule has 2 aromatic carbocycles. The highest BCUT2D eigenvalue weighted by Crippen LogP contribution is 2.25. The molecule has 0 bridgehead atoms. The molecule has 0 saturated heterocycles. The molecule has 1 atom stereocenters. The highest BCUT2D eigenvalue weighted by Gasteiger charge is 2.14. The first-order valence-electron chi connectivity index (χ1n) is 6.00. The summed E-state index contributed by atoms with van der Waals surface area (Å²) in [6.45, 7) is 0. The van der Waals surface area contributed by atoms with Crippen LogP contribution < -0.4 is 15.2 Å². The highest BCUT2D eigenvalue weighted by atomic mass is 16.5. The van der Waals surface area contributed by atoms with Crippen LogP contribution in [0.15, 0.2) is 48.5 Å². The van der Waals surface area contributed by atoms with Gasteiger partial charge in [-0.2, -0.15) is 0 Å². The summed E-state index contributed by atoms with van der Waals surface area (Å²) in [7, 11) is 1.59. The maximum Gasteiger partial charge on any atom is 0.325 e. The third-order valence-electron chi connectivity index (χ3n) is 2.78. The number of aliphatic carboxylic acids is 1. The van der Waals surface area contributed by atoms with Crippen LogP contribution in [0, 0.1) is 0 Å². The molecule has 3 N–H and O–H groups in total. The lowest BCUT2D eigenvalue weighted by atomic mass is 10.1. The molecule has 2 aromatic rings. The molecule has 1 unspecified atom stereocenters. The van der Waals surface area contributed by atoms with E-state index in [0.717, 1.165) is 5.75 Å². The summed E-state index contributed by atoms with van der Waals surface area (Å²) >= 11 is 0. The zero-order valence-corrected chi connectivity index (χ0v) is 10.9. The van der Waals surface area contributed by atoms with Gasteiger partial charge in [-0.05, 0) is 42.0 Å². The Kier molecular flexibility index (Phi) is 4.22. The van der Waals surface area contributed by atoms with E-state index in [4.69, 9.17) is 20.3 Å². The fraction of sp³-hybridized carbons (Fsp3) is 0.133. The molecule has 5 nitrogen and oxygen atoms in total. The van der Waals surface area contributed by atoms with Crippen molar-refractivity contribution in [3.8, 4) is 17.2 Å². The number of methoxy groups -OCH3 is 1. The first kappa shape index (κ1) is 13.9. The minimum atomic E-state index is -1.08. The van der Waals surface area contributed by atoms with E-state index in [1.165, 1.54) is 0 Å². The monoisotopic (exact) mass is 273 g/mol. The molecule has 0 saturated carbocycles. The second kappa shape index (κ2) is 6.08. The van der Waals surface area contributed by atoms with E-state index < -0.39 is 12.0 Å². The fourth-order valence-electron chi connectivity index (χ4n) is 1.69. The number of hydrogen-bond acceptors (Lipinski definition) is 4. The Labute approximate surface area is 116 Å². The van der Waals surface area contributed by atoms with Gasteiger partial charge in [0.25, 0.3) is 0 Å². The van der Waals surface area contributed by atoms with Crippen molar-refractivity contribution >= 4 is 5.97 Å². The molecule has 0 aliphatic rings. The van der Waals surface area contributed by atoms with Crippen molar-refractivity contribution in [1.29, 1.82) is 0 Å². The Balaban J connectivity index is 2.16. The molecule has 5 heteroatoms. The molecule has 0 fully saturated rings. The van der Waals surface area contributed by atoms with Crippen LogP contribution in [-0.2, 0) is 4.79 Å². The fourth-order valence-corrected chi connectivity index (χ4v) is 1.69. The first-order valence-corrected chi connectivity index (χ1v) is 6.00. The van der Waals surface area contributed by atoms with Gasteiger partial charge in [0.1, 0.15) is 23.3 Å². The van der Waals surface area contributed by atoms with Crippen molar-refractivity contribution < 1.29 is 19.4 Å². The van der Waals surface area contributed by atoms with Gasteiger partial charge in [-0.3, -0.25) is 4.79 Å². The van der Waals surface area contributed by atoms with Crippen LogP contribution in [0.5, 0.6) is 17.2 Å². The maximum atomic E-state index is 10.9. The van der Waals surface area contributed by atoms with Crippen LogP contribution in [-0.4, -0.2) is 18.2 Å². The smallest absolute Gasteiger partial charge is 0.325 e. The maximum absolute atomic E-state index is 10.9. The molecule has 2 rings (SSSR count). The number of nitrogens with two attached hydrogens (primary N) is 1. The summed E-state index contributed by atoms with van der Waals surface area (Å²) in [6.07, 6.45) is 0. The van der Waals surface area contributed by atoms with Crippen molar-refractivity contribution in [3.63, 3.8) is 0 Å². The van der Waals surface area contributed by atoms with Gasteiger partial charge in [-0.15, -0.1) is 0 Å². The second-order valence-corrected chi connectivity index (χ2v) is 4.17. The van der Waals surface area contributed by atoms with E-state index >= 15 is 0 Å². The van der Waals surface area contributed by atoms with Gasteiger partial charge < -0.3 is 20.3 Å². The zero-order valence-electron chi connectivity index (χ0n) is 10.9. The van der Waals surface area contributed by atoms with Gasteiger partial charge in [0.05, 0.1) is 7.11 Å². The molecule has 0 aromatic heterocycles. The lowest BCUT2D eigenvalue weighted by Gasteiger charge is -2.10. The normalized spacial score (nSPS) is 11.7. The molecule has 0 aliphatic carbocycles. The molecule has 0 aliphatic heterocycles. The van der Waals surface area contributed by atoms with Gasteiger partial charge >= 0.3 is 5.97 Å². The topological polar surface area (TPSA) is 81.8 Å². The van der Waals surface area contributed by atoms with Gasteiger partial charge in [0.2, 0.25) is 0 Å². The molecule has 20 heavy (non-hydrogen) atoms. The molecule has 0 amide bonds. The standard InChI is InChI=1S/C15H15NO4/c1-19-11-5-7-12(8-6-11)20-13-4-2-3-10(9-13)14(16)15(17)18/h2-9,14H,16H2,1H3,(H,17,18). The van der Waals surface area contributed by atoms with Crippen molar-refractivity contribution in [3.05, 3.63) is 54.1 Å². The number of ether oxygens (including phenoxy) is 2. The van der Waals surface area contributed by atoms with Crippen LogP contribution in [0.1, 0.15) is 11.6 Å². The SMILES string of the molecule is COc1ccc(Oc2cccc(C(N)C(=O)O)c2)cc1. The Hall–Kier alpha value is -2.53. The van der Waals surface area contributed by atoms with Gasteiger partial charge in [0.15, 0.2) is 0 Å². The van der Waals surface area contributed by atoms with E-state index in [2.05, 4.69) is 0 Å². The zero-order chi connectivity index (χ0) is 14.5. The summed E-state index contributed by atoms with van der Waals surface area (Å²) in [5, 5.41) is 8.89. The molecule has 0 radical (unpaired) electrons. The number of rotatable bonds is 5. The molecular formula is C15H15NO4. The average Bonchev–Trinajstić information content (AvgIpc) is 2.47. The molecule has 104 valence electrons.